The highest BCUT2D eigenvalue weighted by atomic mass is 32.2. The molecule has 0 unspecified atom stereocenters. The largest absolute Gasteiger partial charge is 0.319 e. The molecule has 0 spiro atoms. The number of nitrogens with zero attached hydrogens (tertiary/aromatic N) is 3. The van der Waals surface area contributed by atoms with Crippen LogP contribution in [0.1, 0.15) is 10.5 Å². The highest BCUT2D eigenvalue weighted by Gasteiger charge is 2.14. The monoisotopic (exact) mass is 344 g/mol. The lowest BCUT2D eigenvalue weighted by atomic mass is 10.3. The van der Waals surface area contributed by atoms with Gasteiger partial charge in [-0.1, -0.05) is 12.1 Å². The molecule has 122 valence electrons. The summed E-state index contributed by atoms with van der Waals surface area (Å²) in [7, 11) is -1.23. The minimum atomic E-state index is -1.23. The number of benzene rings is 2. The number of halogens is 1. The number of aromatic nitrogens is 3. The van der Waals surface area contributed by atoms with Gasteiger partial charge < -0.3 is 5.32 Å². The van der Waals surface area contributed by atoms with E-state index in [4.69, 9.17) is 0 Å². The zero-order chi connectivity index (χ0) is 17.1. The third-order valence-electron chi connectivity index (χ3n) is 3.23. The van der Waals surface area contributed by atoms with Gasteiger partial charge in [-0.2, -0.15) is 9.90 Å². The lowest BCUT2D eigenvalue weighted by Gasteiger charge is -2.07. The van der Waals surface area contributed by atoms with Crippen molar-refractivity contribution in [1.82, 2.24) is 15.0 Å². The van der Waals surface area contributed by atoms with E-state index in [2.05, 4.69) is 15.5 Å². The number of amides is 1. The summed E-state index contributed by atoms with van der Waals surface area (Å²) in [6, 6.07) is 12.4. The molecule has 3 aromatic rings. The molecular formula is C16H13FN4O2S. The van der Waals surface area contributed by atoms with Gasteiger partial charge in [0.1, 0.15) is 5.82 Å². The first kappa shape index (κ1) is 16.0. The van der Waals surface area contributed by atoms with Crippen LogP contribution in [0.2, 0.25) is 0 Å². The Morgan fingerprint density at radius 1 is 1.17 bits per heavy atom. The van der Waals surface area contributed by atoms with Crippen molar-refractivity contribution in [1.29, 1.82) is 0 Å². The van der Waals surface area contributed by atoms with Gasteiger partial charge in [-0.3, -0.25) is 9.00 Å². The van der Waals surface area contributed by atoms with Crippen molar-refractivity contribution in [2.75, 3.05) is 11.6 Å². The van der Waals surface area contributed by atoms with Gasteiger partial charge in [0.2, 0.25) is 0 Å². The number of para-hydroxylation sites is 1. The van der Waals surface area contributed by atoms with E-state index >= 15 is 0 Å². The molecule has 1 atom stereocenters. The van der Waals surface area contributed by atoms with Gasteiger partial charge in [-0.05, 0) is 36.4 Å². The molecule has 0 bridgehead atoms. The minimum Gasteiger partial charge on any atom is -0.319 e. The van der Waals surface area contributed by atoms with Gasteiger partial charge in [0.25, 0.3) is 5.91 Å². The Morgan fingerprint density at radius 3 is 2.58 bits per heavy atom. The average Bonchev–Trinajstić information content (AvgIpc) is 3.06. The summed E-state index contributed by atoms with van der Waals surface area (Å²) in [6.45, 7) is 0. The Kier molecular flexibility index (Phi) is 4.48. The second-order valence-corrected chi connectivity index (χ2v) is 6.25. The van der Waals surface area contributed by atoms with Crippen LogP contribution >= 0.6 is 0 Å². The van der Waals surface area contributed by atoms with E-state index in [-0.39, 0.29) is 11.5 Å². The molecular weight excluding hydrogens is 331 g/mol. The van der Waals surface area contributed by atoms with Crippen molar-refractivity contribution < 1.29 is 13.4 Å². The van der Waals surface area contributed by atoms with Crippen LogP contribution in [0.3, 0.4) is 0 Å². The average molecular weight is 344 g/mol. The molecule has 1 N–H and O–H groups in total. The zero-order valence-electron chi connectivity index (χ0n) is 12.6. The SMILES string of the molecule is C[S@](=O)c1ccccc1NC(=O)c1cnn(-c2ccc(F)cc2)n1. The second-order valence-electron chi connectivity index (χ2n) is 4.90. The van der Waals surface area contributed by atoms with Gasteiger partial charge in [0.15, 0.2) is 5.69 Å². The van der Waals surface area contributed by atoms with Crippen LogP contribution in [0, 0.1) is 5.82 Å². The van der Waals surface area contributed by atoms with E-state index in [0.29, 0.717) is 16.3 Å². The van der Waals surface area contributed by atoms with Crippen LogP contribution in [0.4, 0.5) is 10.1 Å². The standard InChI is InChI=1S/C16H13FN4O2S/c1-24(23)15-5-3-2-4-13(15)19-16(22)14-10-18-21(20-14)12-8-6-11(17)7-9-12/h2-10H,1H3,(H,19,22)/t24-/m0/s1. The molecule has 0 saturated carbocycles. The summed E-state index contributed by atoms with van der Waals surface area (Å²) in [5.41, 5.74) is 1.08. The van der Waals surface area contributed by atoms with E-state index in [1.165, 1.54) is 41.5 Å². The van der Waals surface area contributed by atoms with Gasteiger partial charge in [0, 0.05) is 6.26 Å². The summed E-state index contributed by atoms with van der Waals surface area (Å²) in [6.07, 6.45) is 2.85. The number of carbonyl (C=O) groups is 1. The molecule has 1 aromatic heterocycles. The molecule has 0 aliphatic carbocycles. The summed E-state index contributed by atoms with van der Waals surface area (Å²) in [5, 5.41) is 10.7. The van der Waals surface area contributed by atoms with Crippen LogP contribution in [-0.4, -0.2) is 31.4 Å². The van der Waals surface area contributed by atoms with Gasteiger partial charge in [0.05, 0.1) is 33.3 Å². The zero-order valence-corrected chi connectivity index (χ0v) is 13.5. The number of hydrogen-bond donors (Lipinski definition) is 1. The van der Waals surface area contributed by atoms with Crippen LogP contribution in [0.25, 0.3) is 5.69 Å². The molecule has 3 rings (SSSR count). The van der Waals surface area contributed by atoms with E-state index in [1.807, 2.05) is 0 Å². The highest BCUT2D eigenvalue weighted by molar-refractivity contribution is 7.84. The first-order valence-electron chi connectivity index (χ1n) is 6.96. The molecule has 2 aromatic carbocycles. The van der Waals surface area contributed by atoms with Gasteiger partial charge in [-0.15, -0.1) is 5.10 Å². The van der Waals surface area contributed by atoms with E-state index < -0.39 is 16.7 Å². The molecule has 1 amide bonds. The first-order chi connectivity index (χ1) is 11.5. The molecule has 0 fully saturated rings. The van der Waals surface area contributed by atoms with Gasteiger partial charge >= 0.3 is 0 Å². The molecule has 8 heteroatoms. The maximum Gasteiger partial charge on any atom is 0.277 e. The number of carbonyl (C=O) groups excluding carboxylic acids is 1. The number of hydrogen-bond acceptors (Lipinski definition) is 4. The fraction of sp³-hybridized carbons (Fsp3) is 0.0625. The Hall–Kier alpha value is -2.87. The lowest BCUT2D eigenvalue weighted by molar-refractivity contribution is 0.102. The maximum absolute atomic E-state index is 12.9. The van der Waals surface area contributed by atoms with Gasteiger partial charge in [-0.25, -0.2) is 4.39 Å². The summed E-state index contributed by atoms with van der Waals surface area (Å²) in [5.74, 6) is -0.839. The molecule has 0 saturated heterocycles. The molecule has 0 radical (unpaired) electrons. The molecule has 0 aliphatic heterocycles. The number of anilines is 1. The third-order valence-corrected chi connectivity index (χ3v) is 4.20. The van der Waals surface area contributed by atoms with Crippen LogP contribution in [0.5, 0.6) is 0 Å². The summed E-state index contributed by atoms with van der Waals surface area (Å²) >= 11 is 0. The molecule has 24 heavy (non-hydrogen) atoms. The van der Waals surface area contributed by atoms with Crippen molar-refractivity contribution >= 4 is 22.4 Å². The second kappa shape index (κ2) is 6.71. The fourth-order valence-electron chi connectivity index (χ4n) is 2.07. The Morgan fingerprint density at radius 2 is 1.88 bits per heavy atom. The Balaban J connectivity index is 1.82. The van der Waals surface area contributed by atoms with Crippen LogP contribution in [0.15, 0.2) is 59.6 Å². The van der Waals surface area contributed by atoms with E-state index in [0.717, 1.165) is 0 Å². The number of rotatable bonds is 4. The number of nitrogens with one attached hydrogen (secondary N) is 1. The van der Waals surface area contributed by atoms with Crippen LogP contribution in [-0.2, 0) is 10.8 Å². The molecule has 1 heterocycles. The van der Waals surface area contributed by atoms with Crippen molar-refractivity contribution in [2.24, 2.45) is 0 Å². The fourth-order valence-corrected chi connectivity index (χ4v) is 2.77. The van der Waals surface area contributed by atoms with Crippen LogP contribution < -0.4 is 5.32 Å². The summed E-state index contributed by atoms with van der Waals surface area (Å²) in [4.78, 5) is 14.1. The molecule has 6 nitrogen and oxygen atoms in total. The maximum atomic E-state index is 12.9. The normalized spacial score (nSPS) is 11.9. The minimum absolute atomic E-state index is 0.0935. The van der Waals surface area contributed by atoms with Crippen molar-refractivity contribution in [3.63, 3.8) is 0 Å². The smallest absolute Gasteiger partial charge is 0.277 e. The van der Waals surface area contributed by atoms with Crippen molar-refractivity contribution in [3.05, 3.63) is 66.2 Å². The summed E-state index contributed by atoms with van der Waals surface area (Å²) < 4.78 is 24.6. The molecule has 0 aliphatic rings. The van der Waals surface area contributed by atoms with Crippen molar-refractivity contribution in [2.45, 2.75) is 4.90 Å². The third kappa shape index (κ3) is 3.38. The topological polar surface area (TPSA) is 76.9 Å². The highest BCUT2D eigenvalue weighted by Crippen LogP contribution is 2.19. The lowest BCUT2D eigenvalue weighted by Crippen LogP contribution is -2.14. The van der Waals surface area contributed by atoms with E-state index in [1.54, 1.807) is 24.3 Å². The van der Waals surface area contributed by atoms with Crippen molar-refractivity contribution in [3.8, 4) is 5.69 Å². The Labute approximate surface area is 139 Å². The predicted molar refractivity (Wildman–Crippen MR) is 88.0 cm³/mol. The first-order valence-corrected chi connectivity index (χ1v) is 8.52. The predicted octanol–water partition coefficient (Wildman–Crippen LogP) is 2.40. The van der Waals surface area contributed by atoms with E-state index in [9.17, 15) is 13.4 Å². The Bertz CT molecular complexity index is 908. The quantitative estimate of drug-likeness (QED) is 0.788.